The monoisotopic (exact) mass is 365 g/mol. The fourth-order valence-corrected chi connectivity index (χ4v) is 2.51. The SMILES string of the molecule is CCOc1cc(NC2=C(C(=O)OC)CN(CCO)C2=O)ccc1[N+](=O)[O-]. The van der Waals surface area contributed by atoms with Crippen LogP contribution in [0.3, 0.4) is 0 Å². The number of aliphatic hydroxyl groups excluding tert-OH is 1. The second-order valence-electron chi connectivity index (χ2n) is 5.29. The average Bonchev–Trinajstić information content (AvgIpc) is 2.91. The zero-order valence-electron chi connectivity index (χ0n) is 14.4. The second-order valence-corrected chi connectivity index (χ2v) is 5.29. The summed E-state index contributed by atoms with van der Waals surface area (Å²) in [6.07, 6.45) is 0. The van der Waals surface area contributed by atoms with E-state index in [2.05, 4.69) is 5.32 Å². The van der Waals surface area contributed by atoms with Gasteiger partial charge in [-0.3, -0.25) is 14.9 Å². The third-order valence-corrected chi connectivity index (χ3v) is 3.68. The molecule has 1 aliphatic heterocycles. The first-order chi connectivity index (χ1) is 12.4. The number of methoxy groups -OCH3 is 1. The molecule has 0 saturated carbocycles. The maximum Gasteiger partial charge on any atom is 0.337 e. The number of anilines is 1. The van der Waals surface area contributed by atoms with E-state index in [1.807, 2.05) is 0 Å². The predicted molar refractivity (Wildman–Crippen MR) is 90.6 cm³/mol. The Morgan fingerprint density at radius 2 is 2.19 bits per heavy atom. The smallest absolute Gasteiger partial charge is 0.337 e. The molecule has 2 rings (SSSR count). The molecule has 1 heterocycles. The number of ether oxygens (including phenoxy) is 2. The molecule has 0 unspecified atom stereocenters. The number of nitrogens with one attached hydrogen (secondary N) is 1. The number of nitro groups is 1. The van der Waals surface area contributed by atoms with Crippen LogP contribution < -0.4 is 10.1 Å². The van der Waals surface area contributed by atoms with Crippen molar-refractivity contribution in [2.75, 3.05) is 38.7 Å². The maximum atomic E-state index is 12.5. The molecular weight excluding hydrogens is 346 g/mol. The Kier molecular flexibility index (Phi) is 6.12. The van der Waals surface area contributed by atoms with Gasteiger partial charge in [0.05, 0.1) is 37.4 Å². The summed E-state index contributed by atoms with van der Waals surface area (Å²) in [5.74, 6) is -1.11. The van der Waals surface area contributed by atoms with E-state index in [9.17, 15) is 19.7 Å². The Morgan fingerprint density at radius 3 is 2.77 bits per heavy atom. The molecule has 10 heteroatoms. The highest BCUT2D eigenvalue weighted by Gasteiger charge is 2.34. The molecule has 0 saturated heterocycles. The summed E-state index contributed by atoms with van der Waals surface area (Å²) < 4.78 is 9.97. The lowest BCUT2D eigenvalue weighted by molar-refractivity contribution is -0.385. The predicted octanol–water partition coefficient (Wildman–Crippen LogP) is 0.667. The van der Waals surface area contributed by atoms with Crippen molar-refractivity contribution >= 4 is 23.3 Å². The molecule has 0 fully saturated rings. The van der Waals surface area contributed by atoms with Gasteiger partial charge in [0.2, 0.25) is 0 Å². The standard InChI is InChI=1S/C16H19N3O7/c1-3-26-13-8-10(4-5-12(13)19(23)24)17-14-11(16(22)25-2)9-18(6-7-20)15(14)21/h4-5,8,17,20H,3,6-7,9H2,1-2H3. The molecule has 0 aliphatic carbocycles. The van der Waals surface area contributed by atoms with E-state index in [-0.39, 0.29) is 49.0 Å². The minimum Gasteiger partial charge on any atom is -0.487 e. The van der Waals surface area contributed by atoms with E-state index in [1.165, 1.54) is 30.2 Å². The van der Waals surface area contributed by atoms with Gasteiger partial charge in [0.15, 0.2) is 5.75 Å². The van der Waals surface area contributed by atoms with Gasteiger partial charge in [-0.1, -0.05) is 0 Å². The quantitative estimate of drug-likeness (QED) is 0.390. The largest absolute Gasteiger partial charge is 0.487 e. The lowest BCUT2D eigenvalue weighted by Crippen LogP contribution is -2.31. The molecule has 26 heavy (non-hydrogen) atoms. The van der Waals surface area contributed by atoms with E-state index in [1.54, 1.807) is 6.92 Å². The number of hydrogen-bond acceptors (Lipinski definition) is 8. The normalized spacial score (nSPS) is 13.8. The van der Waals surface area contributed by atoms with Gasteiger partial charge in [0.25, 0.3) is 5.91 Å². The minimum atomic E-state index is -0.673. The van der Waals surface area contributed by atoms with Gasteiger partial charge in [-0.05, 0) is 13.0 Å². The molecule has 1 aliphatic rings. The van der Waals surface area contributed by atoms with Crippen LogP contribution in [0.5, 0.6) is 5.75 Å². The lowest BCUT2D eigenvalue weighted by atomic mass is 10.2. The Morgan fingerprint density at radius 1 is 1.46 bits per heavy atom. The van der Waals surface area contributed by atoms with Crippen molar-refractivity contribution in [2.45, 2.75) is 6.92 Å². The Balaban J connectivity index is 2.37. The molecule has 1 aromatic carbocycles. The number of esters is 1. The van der Waals surface area contributed by atoms with Crippen molar-refractivity contribution in [1.82, 2.24) is 4.90 Å². The summed E-state index contributed by atoms with van der Waals surface area (Å²) in [4.78, 5) is 36.2. The van der Waals surface area contributed by atoms with E-state index >= 15 is 0 Å². The van der Waals surface area contributed by atoms with E-state index in [4.69, 9.17) is 14.6 Å². The number of nitro benzene ring substituents is 1. The molecule has 0 radical (unpaired) electrons. The maximum absolute atomic E-state index is 12.5. The van der Waals surface area contributed by atoms with Crippen molar-refractivity contribution in [3.05, 3.63) is 39.6 Å². The number of amides is 1. The molecular formula is C16H19N3O7. The lowest BCUT2D eigenvalue weighted by Gasteiger charge is -2.15. The molecule has 1 aromatic rings. The van der Waals surface area contributed by atoms with Crippen molar-refractivity contribution < 1.29 is 29.1 Å². The molecule has 0 aromatic heterocycles. The summed E-state index contributed by atoms with van der Waals surface area (Å²) in [6, 6.07) is 4.03. The van der Waals surface area contributed by atoms with Crippen LogP contribution in [0, 0.1) is 10.1 Å². The first-order valence-corrected chi connectivity index (χ1v) is 7.82. The van der Waals surface area contributed by atoms with Crippen LogP contribution >= 0.6 is 0 Å². The molecule has 1 amide bonds. The third-order valence-electron chi connectivity index (χ3n) is 3.68. The number of aliphatic hydroxyl groups is 1. The van der Waals surface area contributed by atoms with Crippen molar-refractivity contribution in [1.29, 1.82) is 0 Å². The first-order valence-electron chi connectivity index (χ1n) is 7.82. The first kappa shape index (κ1) is 19.2. The number of nitrogens with zero attached hydrogens (tertiary/aromatic N) is 2. The van der Waals surface area contributed by atoms with E-state index in [0.717, 1.165) is 0 Å². The summed E-state index contributed by atoms with van der Waals surface area (Å²) in [5.41, 5.74) is 0.248. The van der Waals surface area contributed by atoms with Crippen LogP contribution in [-0.4, -0.2) is 60.2 Å². The highest BCUT2D eigenvalue weighted by molar-refractivity contribution is 6.08. The van der Waals surface area contributed by atoms with Gasteiger partial charge in [0.1, 0.15) is 5.70 Å². The fraction of sp³-hybridized carbons (Fsp3) is 0.375. The zero-order chi connectivity index (χ0) is 19.3. The van der Waals surface area contributed by atoms with Crippen LogP contribution in [0.4, 0.5) is 11.4 Å². The van der Waals surface area contributed by atoms with Gasteiger partial charge in [0, 0.05) is 24.4 Å². The van der Waals surface area contributed by atoms with E-state index < -0.39 is 16.8 Å². The number of rotatable bonds is 8. The van der Waals surface area contributed by atoms with Crippen molar-refractivity contribution in [3.8, 4) is 5.75 Å². The number of β-amino-alcohol motifs (C(OH)–C–C–N with tert-alkyl or cyclic N) is 1. The average molecular weight is 365 g/mol. The summed E-state index contributed by atoms with van der Waals surface area (Å²) >= 11 is 0. The number of benzene rings is 1. The van der Waals surface area contributed by atoms with Crippen molar-refractivity contribution in [3.63, 3.8) is 0 Å². The zero-order valence-corrected chi connectivity index (χ0v) is 14.4. The topological polar surface area (TPSA) is 131 Å². The molecule has 0 bridgehead atoms. The van der Waals surface area contributed by atoms with Gasteiger partial charge in [-0.25, -0.2) is 4.79 Å². The van der Waals surface area contributed by atoms with Gasteiger partial charge in [-0.15, -0.1) is 0 Å². The van der Waals surface area contributed by atoms with Gasteiger partial charge >= 0.3 is 11.7 Å². The van der Waals surface area contributed by atoms with Crippen LogP contribution in [0.15, 0.2) is 29.5 Å². The van der Waals surface area contributed by atoms with Gasteiger partial charge in [-0.2, -0.15) is 0 Å². The number of hydrogen-bond donors (Lipinski definition) is 2. The summed E-state index contributed by atoms with van der Waals surface area (Å²) in [5, 5.41) is 22.9. The van der Waals surface area contributed by atoms with Crippen LogP contribution in [0.1, 0.15) is 6.92 Å². The highest BCUT2D eigenvalue weighted by Crippen LogP contribution is 2.31. The number of carbonyl (C=O) groups is 2. The Bertz CT molecular complexity index is 760. The van der Waals surface area contributed by atoms with Crippen molar-refractivity contribution in [2.24, 2.45) is 0 Å². The third kappa shape index (κ3) is 3.91. The Hall–Kier alpha value is -3.14. The highest BCUT2D eigenvalue weighted by atomic mass is 16.6. The second kappa shape index (κ2) is 8.30. The van der Waals surface area contributed by atoms with Crippen LogP contribution in [0.25, 0.3) is 0 Å². The van der Waals surface area contributed by atoms with Gasteiger partial charge < -0.3 is 24.8 Å². The minimum absolute atomic E-state index is 0.000299. The molecule has 10 nitrogen and oxygen atoms in total. The number of carbonyl (C=O) groups excluding carboxylic acids is 2. The summed E-state index contributed by atoms with van der Waals surface area (Å²) in [7, 11) is 1.20. The fourth-order valence-electron chi connectivity index (χ4n) is 2.51. The molecule has 0 atom stereocenters. The van der Waals surface area contributed by atoms with E-state index in [0.29, 0.717) is 5.69 Å². The van der Waals surface area contributed by atoms with Crippen LogP contribution in [0.2, 0.25) is 0 Å². The molecule has 140 valence electrons. The molecule has 2 N–H and O–H groups in total. The summed E-state index contributed by atoms with van der Waals surface area (Å²) in [6.45, 7) is 1.73. The molecule has 0 spiro atoms. The van der Waals surface area contributed by atoms with Crippen LogP contribution in [-0.2, 0) is 14.3 Å². The Labute approximate surface area is 149 Å².